The van der Waals surface area contributed by atoms with Crippen molar-refractivity contribution in [3.8, 4) is 34.5 Å². The van der Waals surface area contributed by atoms with Gasteiger partial charge in [-0.15, -0.1) is 0 Å². The summed E-state index contributed by atoms with van der Waals surface area (Å²) in [6.07, 6.45) is 0. The predicted molar refractivity (Wildman–Crippen MR) is 91.5 cm³/mol. The van der Waals surface area contributed by atoms with Crippen molar-refractivity contribution in [2.75, 3.05) is 21.3 Å². The van der Waals surface area contributed by atoms with Crippen molar-refractivity contribution in [3.63, 3.8) is 0 Å². The Morgan fingerprint density at radius 1 is 0.704 bits per heavy atom. The molecule has 0 bridgehead atoms. The van der Waals surface area contributed by atoms with Crippen molar-refractivity contribution in [1.29, 1.82) is 0 Å². The quantitative estimate of drug-likeness (QED) is 0.516. The molecular weight excluding hydrogens is 364 g/mol. The predicted octanol–water partition coefficient (Wildman–Crippen LogP) is 1.91. The Hall–Kier alpha value is -3.82. The highest BCUT2D eigenvalue weighted by atomic mass is 16.5. The molecule has 0 spiro atoms. The van der Waals surface area contributed by atoms with Gasteiger partial charge in [-0.25, -0.2) is 9.59 Å². The first-order chi connectivity index (χ1) is 12.7. The molecule has 0 saturated carbocycles. The van der Waals surface area contributed by atoms with E-state index in [0.29, 0.717) is 5.75 Å². The summed E-state index contributed by atoms with van der Waals surface area (Å²) < 4.78 is 14.9. The molecule has 146 valence electrons. The van der Waals surface area contributed by atoms with Gasteiger partial charge in [0.05, 0.1) is 21.3 Å². The van der Waals surface area contributed by atoms with Crippen LogP contribution in [0.3, 0.4) is 0 Å². The third-order valence-electron chi connectivity index (χ3n) is 3.22. The first-order valence-electron chi connectivity index (χ1n) is 7.17. The molecule has 0 unspecified atom stereocenters. The zero-order chi connectivity index (χ0) is 20.7. The molecule has 0 aromatic heterocycles. The number of hydrogen-bond acceptors (Lipinski definition) is 8. The van der Waals surface area contributed by atoms with Gasteiger partial charge in [-0.2, -0.15) is 0 Å². The van der Waals surface area contributed by atoms with Crippen LogP contribution in [-0.4, -0.2) is 58.8 Å². The zero-order valence-electron chi connectivity index (χ0n) is 14.6. The molecule has 5 N–H and O–H groups in total. The van der Waals surface area contributed by atoms with Gasteiger partial charge in [0.2, 0.25) is 0 Å². The summed E-state index contributed by atoms with van der Waals surface area (Å²) in [4.78, 5) is 21.3. The molecule has 0 fully saturated rings. The van der Waals surface area contributed by atoms with E-state index in [2.05, 4.69) is 0 Å². The Labute approximate surface area is 153 Å². The van der Waals surface area contributed by atoms with Crippen molar-refractivity contribution >= 4 is 11.9 Å². The van der Waals surface area contributed by atoms with Gasteiger partial charge in [0.15, 0.2) is 0 Å². The first-order valence-corrected chi connectivity index (χ1v) is 7.17. The van der Waals surface area contributed by atoms with Crippen LogP contribution < -0.4 is 14.2 Å². The summed E-state index contributed by atoms with van der Waals surface area (Å²) >= 11 is 0. The lowest BCUT2D eigenvalue weighted by atomic mass is 10.1. The van der Waals surface area contributed by atoms with Gasteiger partial charge in [0.1, 0.15) is 45.6 Å². The molecule has 2 aromatic carbocycles. The van der Waals surface area contributed by atoms with Crippen molar-refractivity contribution in [2.45, 2.75) is 0 Å². The van der Waals surface area contributed by atoms with E-state index < -0.39 is 34.8 Å². The second kappa shape index (κ2) is 9.04. The fourth-order valence-corrected chi connectivity index (χ4v) is 2.03. The van der Waals surface area contributed by atoms with E-state index in [1.165, 1.54) is 33.5 Å². The Kier molecular flexibility index (Phi) is 7.10. The minimum atomic E-state index is -1.45. The summed E-state index contributed by atoms with van der Waals surface area (Å²) in [5, 5.41) is 44.1. The number of aromatic hydroxyl groups is 3. The third kappa shape index (κ3) is 5.08. The molecule has 27 heavy (non-hydrogen) atoms. The van der Waals surface area contributed by atoms with E-state index in [0.717, 1.165) is 12.1 Å². The highest BCUT2D eigenvalue weighted by Gasteiger charge is 2.19. The number of methoxy groups -OCH3 is 3. The average molecular weight is 382 g/mol. The molecule has 0 heterocycles. The van der Waals surface area contributed by atoms with Crippen LogP contribution in [0.5, 0.6) is 34.5 Å². The summed E-state index contributed by atoms with van der Waals surface area (Å²) in [6.45, 7) is 0. The minimum Gasteiger partial charge on any atom is -0.508 e. The number of phenolic OH excluding ortho intramolecular Hbond substituents is 1. The van der Waals surface area contributed by atoms with Crippen molar-refractivity contribution in [1.82, 2.24) is 0 Å². The van der Waals surface area contributed by atoms with Crippen molar-refractivity contribution < 1.29 is 49.3 Å². The fraction of sp³-hybridized carbons (Fsp3) is 0.176. The molecule has 2 rings (SSSR count). The number of aromatic carboxylic acids is 2. The molecule has 0 aliphatic carbocycles. The number of hydrogen-bond donors (Lipinski definition) is 5. The number of carbonyl (C=O) groups is 2. The Bertz CT molecular complexity index is 796. The second-order valence-electron chi connectivity index (χ2n) is 4.88. The number of ether oxygens (including phenoxy) is 3. The fourth-order valence-electron chi connectivity index (χ4n) is 2.03. The van der Waals surface area contributed by atoms with Gasteiger partial charge in [0, 0.05) is 24.3 Å². The standard InChI is InChI=1S/C10H12O5.C7H6O5/c1-13-6-4-7(14-2)9(10(11)12)8(5-6)15-3;8-3-1-4(9)6(7(11)12)5(10)2-3/h4-5H,1-3H3,(H,11,12);1-2,8-10H,(H,11,12). The van der Waals surface area contributed by atoms with Gasteiger partial charge >= 0.3 is 11.9 Å². The molecule has 0 radical (unpaired) electrons. The molecule has 10 heteroatoms. The van der Waals surface area contributed by atoms with E-state index in [1.54, 1.807) is 0 Å². The maximum atomic E-state index is 11.0. The number of rotatable bonds is 5. The highest BCUT2D eigenvalue weighted by Crippen LogP contribution is 2.34. The normalized spacial score (nSPS) is 9.59. The highest BCUT2D eigenvalue weighted by molar-refractivity contribution is 5.95. The summed E-state index contributed by atoms with van der Waals surface area (Å²) in [7, 11) is 4.26. The van der Waals surface area contributed by atoms with Crippen molar-refractivity contribution in [2.24, 2.45) is 0 Å². The van der Waals surface area contributed by atoms with E-state index in [9.17, 15) is 9.59 Å². The molecule has 0 saturated heterocycles. The Morgan fingerprint density at radius 2 is 1.11 bits per heavy atom. The summed E-state index contributed by atoms with van der Waals surface area (Å²) in [5.41, 5.74) is -0.631. The van der Waals surface area contributed by atoms with Crippen LogP contribution in [0.25, 0.3) is 0 Å². The van der Waals surface area contributed by atoms with Crippen LogP contribution in [0.4, 0.5) is 0 Å². The first kappa shape index (κ1) is 21.2. The SMILES string of the molecule is COc1cc(OC)c(C(=O)O)c(OC)c1.O=C(O)c1c(O)cc(O)cc1O. The lowest BCUT2D eigenvalue weighted by Crippen LogP contribution is -2.04. The minimum absolute atomic E-state index is 0.0131. The number of carboxylic acids is 2. The Morgan fingerprint density at radius 3 is 1.41 bits per heavy atom. The molecule has 0 aliphatic rings. The van der Waals surface area contributed by atoms with Gasteiger partial charge < -0.3 is 39.7 Å². The third-order valence-corrected chi connectivity index (χ3v) is 3.22. The van der Waals surface area contributed by atoms with E-state index >= 15 is 0 Å². The molecule has 0 amide bonds. The molecule has 10 nitrogen and oxygen atoms in total. The molecular formula is C17H18O10. The smallest absolute Gasteiger partial charge is 0.343 e. The number of carboxylic acid groups (broad SMARTS) is 2. The van der Waals surface area contributed by atoms with E-state index in [1.807, 2.05) is 0 Å². The summed E-state index contributed by atoms with van der Waals surface area (Å²) in [5.74, 6) is -3.39. The van der Waals surface area contributed by atoms with Crippen LogP contribution in [-0.2, 0) is 0 Å². The number of phenols is 3. The van der Waals surface area contributed by atoms with Gasteiger partial charge in [-0.3, -0.25) is 0 Å². The van der Waals surface area contributed by atoms with Crippen LogP contribution in [0.1, 0.15) is 20.7 Å². The monoisotopic (exact) mass is 382 g/mol. The van der Waals surface area contributed by atoms with Crippen LogP contribution in [0, 0.1) is 0 Å². The second-order valence-corrected chi connectivity index (χ2v) is 4.88. The molecule has 2 aromatic rings. The summed E-state index contributed by atoms with van der Waals surface area (Å²) in [6, 6.07) is 4.66. The molecule has 0 atom stereocenters. The lowest BCUT2D eigenvalue weighted by Gasteiger charge is -2.11. The van der Waals surface area contributed by atoms with Crippen LogP contribution in [0.15, 0.2) is 24.3 Å². The van der Waals surface area contributed by atoms with Crippen LogP contribution in [0.2, 0.25) is 0 Å². The molecule has 0 aliphatic heterocycles. The van der Waals surface area contributed by atoms with Gasteiger partial charge in [-0.1, -0.05) is 0 Å². The van der Waals surface area contributed by atoms with E-state index in [4.69, 9.17) is 39.7 Å². The maximum Gasteiger partial charge on any atom is 0.343 e. The van der Waals surface area contributed by atoms with Crippen LogP contribution >= 0.6 is 0 Å². The largest absolute Gasteiger partial charge is 0.508 e. The topological polar surface area (TPSA) is 163 Å². The zero-order valence-corrected chi connectivity index (χ0v) is 14.6. The maximum absolute atomic E-state index is 11.0. The van der Waals surface area contributed by atoms with E-state index in [-0.39, 0.29) is 17.1 Å². The average Bonchev–Trinajstić information content (AvgIpc) is 2.59. The van der Waals surface area contributed by atoms with Gasteiger partial charge in [-0.05, 0) is 0 Å². The van der Waals surface area contributed by atoms with Crippen molar-refractivity contribution in [3.05, 3.63) is 35.4 Å². The number of benzene rings is 2. The Balaban J connectivity index is 0.000000277. The lowest BCUT2D eigenvalue weighted by molar-refractivity contribution is 0.0678. The van der Waals surface area contributed by atoms with Gasteiger partial charge in [0.25, 0.3) is 0 Å².